The Labute approximate surface area is 141 Å². The molecule has 126 valence electrons. The minimum absolute atomic E-state index is 0.149. The van der Waals surface area contributed by atoms with E-state index in [9.17, 15) is 9.18 Å². The Bertz CT molecular complexity index is 754. The van der Waals surface area contributed by atoms with E-state index >= 15 is 0 Å². The molecule has 1 aliphatic heterocycles. The summed E-state index contributed by atoms with van der Waals surface area (Å²) in [7, 11) is 0. The Morgan fingerprint density at radius 3 is 2.75 bits per heavy atom. The quantitative estimate of drug-likeness (QED) is 0.907. The smallest absolute Gasteiger partial charge is 0.262 e. The Morgan fingerprint density at radius 2 is 2.00 bits per heavy atom. The number of carbonyl (C=O) groups is 1. The van der Waals surface area contributed by atoms with Crippen LogP contribution in [0.5, 0.6) is 5.75 Å². The number of para-hydroxylation sites is 1. The van der Waals surface area contributed by atoms with Crippen molar-refractivity contribution in [2.45, 2.75) is 26.8 Å². The zero-order chi connectivity index (χ0) is 17.1. The van der Waals surface area contributed by atoms with E-state index in [1.165, 1.54) is 0 Å². The number of fused-ring (bicyclic) bond motifs is 1. The summed E-state index contributed by atoms with van der Waals surface area (Å²) in [5.41, 5.74) is 3.78. The van der Waals surface area contributed by atoms with E-state index in [1.54, 1.807) is 6.07 Å². The van der Waals surface area contributed by atoms with Gasteiger partial charge in [0.25, 0.3) is 5.91 Å². The van der Waals surface area contributed by atoms with Crippen LogP contribution in [0, 0.1) is 19.7 Å². The van der Waals surface area contributed by atoms with Crippen LogP contribution in [0.4, 0.5) is 10.1 Å². The lowest BCUT2D eigenvalue weighted by Gasteiger charge is -2.19. The van der Waals surface area contributed by atoms with E-state index in [4.69, 9.17) is 4.74 Å². The predicted molar refractivity (Wildman–Crippen MR) is 91.9 cm³/mol. The van der Waals surface area contributed by atoms with Crippen LogP contribution in [0.2, 0.25) is 0 Å². The maximum absolute atomic E-state index is 14.5. The molecule has 0 fully saturated rings. The molecular weight excluding hydrogens is 307 g/mol. The molecule has 1 aliphatic rings. The van der Waals surface area contributed by atoms with Gasteiger partial charge in [-0.25, -0.2) is 4.39 Å². The summed E-state index contributed by atoms with van der Waals surface area (Å²) in [4.78, 5) is 12.1. The van der Waals surface area contributed by atoms with Crippen LogP contribution in [-0.2, 0) is 17.8 Å². The Balaban J connectivity index is 1.67. The molecule has 24 heavy (non-hydrogen) atoms. The summed E-state index contributed by atoms with van der Waals surface area (Å²) in [5.74, 6) is -0.00973. The average Bonchev–Trinajstić information content (AvgIpc) is 2.57. The van der Waals surface area contributed by atoms with Gasteiger partial charge in [-0.3, -0.25) is 4.79 Å². The van der Waals surface area contributed by atoms with Crippen LogP contribution in [-0.4, -0.2) is 19.1 Å². The highest BCUT2D eigenvalue weighted by atomic mass is 19.1. The van der Waals surface area contributed by atoms with Crippen LogP contribution >= 0.6 is 0 Å². The molecule has 0 spiro atoms. The van der Waals surface area contributed by atoms with Crippen molar-refractivity contribution in [1.29, 1.82) is 0 Å². The zero-order valence-electron chi connectivity index (χ0n) is 13.9. The molecule has 0 unspecified atom stereocenters. The molecule has 0 saturated carbocycles. The molecule has 3 rings (SSSR count). The number of ether oxygens (including phenoxy) is 1. The molecule has 2 N–H and O–H groups in total. The van der Waals surface area contributed by atoms with Gasteiger partial charge < -0.3 is 15.4 Å². The third-order valence-corrected chi connectivity index (χ3v) is 4.24. The van der Waals surface area contributed by atoms with Gasteiger partial charge in [0.15, 0.2) is 6.61 Å². The number of hydrogen-bond acceptors (Lipinski definition) is 3. The highest BCUT2D eigenvalue weighted by Gasteiger charge is 2.17. The third kappa shape index (κ3) is 3.41. The van der Waals surface area contributed by atoms with Gasteiger partial charge in [-0.1, -0.05) is 24.3 Å². The minimum atomic E-state index is -0.370. The van der Waals surface area contributed by atoms with Gasteiger partial charge in [-0.05, 0) is 55.1 Å². The second-order valence-electron chi connectivity index (χ2n) is 6.05. The van der Waals surface area contributed by atoms with Crippen LogP contribution in [0.15, 0.2) is 30.3 Å². The molecule has 4 nitrogen and oxygen atoms in total. The van der Waals surface area contributed by atoms with Crippen LogP contribution < -0.4 is 15.4 Å². The third-order valence-electron chi connectivity index (χ3n) is 4.24. The van der Waals surface area contributed by atoms with Gasteiger partial charge in [0.1, 0.15) is 11.6 Å². The van der Waals surface area contributed by atoms with Crippen molar-refractivity contribution < 1.29 is 13.9 Å². The molecule has 0 saturated heterocycles. The van der Waals surface area contributed by atoms with Crippen molar-refractivity contribution in [3.63, 3.8) is 0 Å². The van der Waals surface area contributed by atoms with Crippen molar-refractivity contribution in [2.24, 2.45) is 0 Å². The fourth-order valence-electron chi connectivity index (χ4n) is 2.98. The molecule has 0 atom stereocenters. The minimum Gasteiger partial charge on any atom is -0.483 e. The van der Waals surface area contributed by atoms with Gasteiger partial charge >= 0.3 is 0 Å². The van der Waals surface area contributed by atoms with Gasteiger partial charge in [0.2, 0.25) is 0 Å². The van der Waals surface area contributed by atoms with Crippen molar-refractivity contribution in [3.05, 3.63) is 58.4 Å². The number of aryl methyl sites for hydroxylation is 2. The number of rotatable bonds is 4. The monoisotopic (exact) mass is 328 g/mol. The van der Waals surface area contributed by atoms with Crippen LogP contribution in [0.1, 0.15) is 22.3 Å². The molecule has 0 radical (unpaired) electrons. The van der Waals surface area contributed by atoms with E-state index < -0.39 is 0 Å². The number of halogens is 1. The number of amides is 1. The average molecular weight is 328 g/mol. The molecule has 5 heteroatoms. The Morgan fingerprint density at radius 1 is 1.25 bits per heavy atom. The number of nitrogens with one attached hydrogen (secondary N) is 2. The second kappa shape index (κ2) is 7.01. The highest BCUT2D eigenvalue weighted by molar-refractivity contribution is 5.92. The summed E-state index contributed by atoms with van der Waals surface area (Å²) < 4.78 is 20.1. The lowest BCUT2D eigenvalue weighted by atomic mass is 9.99. The van der Waals surface area contributed by atoms with E-state index in [2.05, 4.69) is 10.6 Å². The second-order valence-corrected chi connectivity index (χ2v) is 6.05. The summed E-state index contributed by atoms with van der Waals surface area (Å²) in [6, 6.07) is 9.26. The SMILES string of the molecule is Cc1cccc(C)c1OCC(=O)Nc1ccc2c(c1F)CCNC2. The van der Waals surface area contributed by atoms with Crippen molar-refractivity contribution in [1.82, 2.24) is 5.32 Å². The maximum atomic E-state index is 14.5. The fourth-order valence-corrected chi connectivity index (χ4v) is 2.98. The summed E-state index contributed by atoms with van der Waals surface area (Å²) in [6.07, 6.45) is 0.629. The normalized spacial score (nSPS) is 13.3. The highest BCUT2D eigenvalue weighted by Crippen LogP contribution is 2.25. The summed E-state index contributed by atoms with van der Waals surface area (Å²) in [6.45, 7) is 5.12. The molecule has 0 aromatic heterocycles. The van der Waals surface area contributed by atoms with E-state index in [0.717, 1.165) is 23.2 Å². The first-order chi connectivity index (χ1) is 11.6. The lowest BCUT2D eigenvalue weighted by molar-refractivity contribution is -0.118. The van der Waals surface area contributed by atoms with Gasteiger partial charge in [-0.15, -0.1) is 0 Å². The van der Waals surface area contributed by atoms with E-state index in [0.29, 0.717) is 24.3 Å². The predicted octanol–water partition coefficient (Wildman–Crippen LogP) is 3.11. The zero-order valence-corrected chi connectivity index (χ0v) is 13.9. The molecule has 2 aromatic carbocycles. The topological polar surface area (TPSA) is 50.4 Å². The molecule has 1 heterocycles. The lowest BCUT2D eigenvalue weighted by Crippen LogP contribution is -2.26. The molecule has 1 amide bonds. The summed E-state index contributed by atoms with van der Waals surface area (Å²) >= 11 is 0. The first kappa shape index (κ1) is 16.5. The number of anilines is 1. The molecule has 2 aromatic rings. The Kier molecular flexibility index (Phi) is 4.81. The standard InChI is InChI=1S/C19H21FN2O2/c1-12-4-3-5-13(2)19(12)24-11-17(23)22-16-7-6-14-10-21-9-8-15(14)18(16)20/h3-7,21H,8-11H2,1-2H3,(H,22,23). The Hall–Kier alpha value is -2.40. The number of hydrogen-bond donors (Lipinski definition) is 2. The van der Waals surface area contributed by atoms with E-state index in [1.807, 2.05) is 38.1 Å². The molecular formula is C19H21FN2O2. The number of benzene rings is 2. The van der Waals surface area contributed by atoms with Crippen LogP contribution in [0.25, 0.3) is 0 Å². The first-order valence-electron chi connectivity index (χ1n) is 8.06. The van der Waals surface area contributed by atoms with Crippen molar-refractivity contribution >= 4 is 11.6 Å². The van der Waals surface area contributed by atoms with Crippen molar-refractivity contribution in [2.75, 3.05) is 18.5 Å². The van der Waals surface area contributed by atoms with E-state index in [-0.39, 0.29) is 24.0 Å². The fraction of sp³-hybridized carbons (Fsp3) is 0.316. The maximum Gasteiger partial charge on any atom is 0.262 e. The largest absolute Gasteiger partial charge is 0.483 e. The van der Waals surface area contributed by atoms with Gasteiger partial charge in [0.05, 0.1) is 5.69 Å². The van der Waals surface area contributed by atoms with Crippen molar-refractivity contribution in [3.8, 4) is 5.75 Å². The summed E-state index contributed by atoms with van der Waals surface area (Å²) in [5, 5.41) is 5.81. The number of carbonyl (C=O) groups excluding carboxylic acids is 1. The van der Waals surface area contributed by atoms with Crippen LogP contribution in [0.3, 0.4) is 0 Å². The molecule has 0 aliphatic carbocycles. The molecule has 0 bridgehead atoms. The van der Waals surface area contributed by atoms with Gasteiger partial charge in [-0.2, -0.15) is 0 Å². The first-order valence-corrected chi connectivity index (χ1v) is 8.06. The van der Waals surface area contributed by atoms with Gasteiger partial charge in [0, 0.05) is 6.54 Å².